The number of thiophene rings is 1. The second-order valence-electron chi connectivity index (χ2n) is 10.5. The molecule has 1 aliphatic carbocycles. The van der Waals surface area contributed by atoms with E-state index in [0.717, 1.165) is 57.3 Å². The van der Waals surface area contributed by atoms with Crippen LogP contribution in [0, 0.1) is 5.41 Å². The Labute approximate surface area is 217 Å². The summed E-state index contributed by atoms with van der Waals surface area (Å²) in [5.41, 5.74) is 5.30. The van der Waals surface area contributed by atoms with Crippen molar-refractivity contribution in [2.24, 2.45) is 5.41 Å². The van der Waals surface area contributed by atoms with Crippen LogP contribution >= 0.6 is 11.3 Å². The molecule has 0 N–H and O–H groups in total. The first-order chi connectivity index (χ1) is 17.4. The lowest BCUT2D eigenvalue weighted by molar-refractivity contribution is -0.118. The molecular weight excluding hydrogens is 468 g/mol. The van der Waals surface area contributed by atoms with E-state index in [1.807, 2.05) is 42.2 Å². The number of morpholine rings is 1. The van der Waals surface area contributed by atoms with Crippen LogP contribution in [0.1, 0.15) is 54.4 Å². The van der Waals surface area contributed by atoms with Crippen LogP contribution in [-0.4, -0.2) is 38.0 Å². The smallest absolute Gasteiger partial charge is 0.227 e. The second-order valence-corrected chi connectivity index (χ2v) is 11.5. The van der Waals surface area contributed by atoms with Gasteiger partial charge in [0.2, 0.25) is 5.91 Å². The molecule has 0 spiro atoms. The highest BCUT2D eigenvalue weighted by Crippen LogP contribution is 2.50. The molecule has 1 aromatic heterocycles. The van der Waals surface area contributed by atoms with Gasteiger partial charge in [0, 0.05) is 37.2 Å². The summed E-state index contributed by atoms with van der Waals surface area (Å²) in [5.74, 6) is 0.336. The SMILES string of the molecule is CCC(=O)N(Cc1ccccc1)c1cccc(-c2c(N3CCOCC3)sc3c2CC(C)(C)CC3=O)c1. The van der Waals surface area contributed by atoms with Gasteiger partial charge in [0.15, 0.2) is 5.78 Å². The molecule has 1 aliphatic heterocycles. The molecule has 6 heteroatoms. The van der Waals surface area contributed by atoms with Crippen molar-refractivity contribution in [1.29, 1.82) is 0 Å². The van der Waals surface area contributed by atoms with E-state index in [1.165, 1.54) is 0 Å². The first-order valence-corrected chi connectivity index (χ1v) is 13.6. The maximum Gasteiger partial charge on any atom is 0.227 e. The fourth-order valence-electron chi connectivity index (χ4n) is 5.30. The summed E-state index contributed by atoms with van der Waals surface area (Å²) in [6.45, 7) is 9.82. The predicted molar refractivity (Wildman–Crippen MR) is 147 cm³/mol. The van der Waals surface area contributed by atoms with Crippen molar-refractivity contribution in [2.75, 3.05) is 36.1 Å². The lowest BCUT2D eigenvalue weighted by Crippen LogP contribution is -2.36. The van der Waals surface area contributed by atoms with Gasteiger partial charge < -0.3 is 14.5 Å². The Hall–Kier alpha value is -2.96. The van der Waals surface area contributed by atoms with Gasteiger partial charge in [0.05, 0.1) is 29.6 Å². The maximum atomic E-state index is 13.2. The second kappa shape index (κ2) is 10.2. The number of benzene rings is 2. The van der Waals surface area contributed by atoms with Gasteiger partial charge in [-0.3, -0.25) is 9.59 Å². The summed E-state index contributed by atoms with van der Waals surface area (Å²) >= 11 is 1.64. The van der Waals surface area contributed by atoms with Gasteiger partial charge in [-0.25, -0.2) is 0 Å². The molecule has 0 saturated carbocycles. The van der Waals surface area contributed by atoms with Gasteiger partial charge in [0.25, 0.3) is 0 Å². The maximum absolute atomic E-state index is 13.2. The fraction of sp³-hybridized carbons (Fsp3) is 0.400. The third-order valence-corrected chi connectivity index (χ3v) is 8.40. The van der Waals surface area contributed by atoms with Crippen molar-refractivity contribution in [3.63, 3.8) is 0 Å². The third-order valence-electron chi connectivity index (χ3n) is 7.07. The molecular formula is C30H34N2O3S. The molecule has 36 heavy (non-hydrogen) atoms. The van der Waals surface area contributed by atoms with Crippen LogP contribution in [0.2, 0.25) is 0 Å². The van der Waals surface area contributed by atoms with E-state index in [9.17, 15) is 9.59 Å². The third kappa shape index (κ3) is 4.97. The zero-order valence-electron chi connectivity index (χ0n) is 21.4. The summed E-state index contributed by atoms with van der Waals surface area (Å²) in [4.78, 5) is 31.4. The Morgan fingerprint density at radius 1 is 1.06 bits per heavy atom. The van der Waals surface area contributed by atoms with E-state index >= 15 is 0 Å². The van der Waals surface area contributed by atoms with Gasteiger partial charge >= 0.3 is 0 Å². The highest BCUT2D eigenvalue weighted by atomic mass is 32.1. The number of anilines is 2. The molecule has 5 nitrogen and oxygen atoms in total. The Morgan fingerprint density at radius 3 is 2.53 bits per heavy atom. The molecule has 1 amide bonds. The van der Waals surface area contributed by atoms with E-state index < -0.39 is 0 Å². The number of fused-ring (bicyclic) bond motifs is 1. The van der Waals surface area contributed by atoms with Gasteiger partial charge in [-0.1, -0.05) is 63.2 Å². The summed E-state index contributed by atoms with van der Waals surface area (Å²) in [5, 5.41) is 1.16. The predicted octanol–water partition coefficient (Wildman–Crippen LogP) is 6.35. The number of hydrogen-bond acceptors (Lipinski definition) is 5. The molecule has 2 heterocycles. The zero-order chi connectivity index (χ0) is 25.3. The molecule has 2 aromatic carbocycles. The molecule has 0 radical (unpaired) electrons. The highest BCUT2D eigenvalue weighted by molar-refractivity contribution is 7.19. The van der Waals surface area contributed by atoms with Crippen molar-refractivity contribution >= 4 is 33.7 Å². The van der Waals surface area contributed by atoms with Gasteiger partial charge in [-0.05, 0) is 40.7 Å². The normalized spacial score (nSPS) is 17.1. The van der Waals surface area contributed by atoms with E-state index in [-0.39, 0.29) is 17.1 Å². The number of carbonyl (C=O) groups excluding carboxylic acids is 2. The highest BCUT2D eigenvalue weighted by Gasteiger charge is 2.37. The minimum Gasteiger partial charge on any atom is -0.378 e. The van der Waals surface area contributed by atoms with Crippen molar-refractivity contribution in [3.05, 3.63) is 70.6 Å². The van der Waals surface area contributed by atoms with Crippen LogP contribution in [0.15, 0.2) is 54.6 Å². The standard InChI is InChI=1S/C30H34N2O3S/c1-4-26(34)32(20-21-9-6-5-7-10-21)23-12-8-11-22(17-23)27-24-18-30(2,3)19-25(33)28(24)36-29(27)31-13-15-35-16-14-31/h5-12,17H,4,13-16,18-20H2,1-3H3. The Kier molecular flexibility index (Phi) is 7.00. The molecule has 0 bridgehead atoms. The topological polar surface area (TPSA) is 49.9 Å². The molecule has 1 saturated heterocycles. The van der Waals surface area contributed by atoms with Crippen LogP contribution in [-0.2, 0) is 22.5 Å². The van der Waals surface area contributed by atoms with Crippen LogP contribution in [0.25, 0.3) is 11.1 Å². The van der Waals surface area contributed by atoms with E-state index in [2.05, 4.69) is 43.0 Å². The van der Waals surface area contributed by atoms with Crippen molar-refractivity contribution in [1.82, 2.24) is 0 Å². The largest absolute Gasteiger partial charge is 0.378 e. The average molecular weight is 503 g/mol. The number of rotatable bonds is 6. The van der Waals surface area contributed by atoms with Crippen molar-refractivity contribution < 1.29 is 14.3 Å². The first-order valence-electron chi connectivity index (χ1n) is 12.8. The number of Topliss-reactive ketones (excluding diaryl/α,β-unsaturated/α-hetero) is 1. The molecule has 1 fully saturated rings. The number of nitrogens with zero attached hydrogens (tertiary/aromatic N) is 2. The summed E-state index contributed by atoms with van der Waals surface area (Å²) in [7, 11) is 0. The number of ketones is 1. The Balaban J connectivity index is 1.61. The van der Waals surface area contributed by atoms with E-state index in [4.69, 9.17) is 4.74 Å². The van der Waals surface area contributed by atoms with Crippen molar-refractivity contribution in [2.45, 2.75) is 46.6 Å². The number of hydrogen-bond donors (Lipinski definition) is 0. The molecule has 3 aromatic rings. The summed E-state index contributed by atoms with van der Waals surface area (Å²) < 4.78 is 5.62. The minimum absolute atomic E-state index is 0.0721. The molecule has 0 unspecified atom stereocenters. The number of ether oxygens (including phenoxy) is 1. The van der Waals surface area contributed by atoms with Crippen molar-refractivity contribution in [3.8, 4) is 11.1 Å². The van der Waals surface area contributed by atoms with E-state index in [0.29, 0.717) is 32.6 Å². The Bertz CT molecular complexity index is 1260. The number of amides is 1. The minimum atomic E-state index is -0.0721. The Morgan fingerprint density at radius 2 is 1.81 bits per heavy atom. The quantitative estimate of drug-likeness (QED) is 0.394. The molecule has 2 aliphatic rings. The summed E-state index contributed by atoms with van der Waals surface area (Å²) in [6.07, 6.45) is 1.89. The molecule has 188 valence electrons. The molecule has 0 atom stereocenters. The monoisotopic (exact) mass is 502 g/mol. The fourth-order valence-corrected chi connectivity index (χ4v) is 6.63. The van der Waals surface area contributed by atoms with E-state index in [1.54, 1.807) is 11.3 Å². The molecule has 5 rings (SSSR count). The summed E-state index contributed by atoms with van der Waals surface area (Å²) in [6, 6.07) is 18.4. The lowest BCUT2D eigenvalue weighted by atomic mass is 9.75. The van der Waals surface area contributed by atoms with Crippen LogP contribution in [0.5, 0.6) is 0 Å². The van der Waals surface area contributed by atoms with Crippen LogP contribution < -0.4 is 9.80 Å². The number of carbonyl (C=O) groups is 2. The lowest BCUT2D eigenvalue weighted by Gasteiger charge is -2.30. The van der Waals surface area contributed by atoms with Gasteiger partial charge in [0.1, 0.15) is 0 Å². The van der Waals surface area contributed by atoms with Crippen LogP contribution in [0.3, 0.4) is 0 Å². The van der Waals surface area contributed by atoms with Crippen LogP contribution in [0.4, 0.5) is 10.7 Å². The zero-order valence-corrected chi connectivity index (χ0v) is 22.2. The van der Waals surface area contributed by atoms with Gasteiger partial charge in [-0.15, -0.1) is 11.3 Å². The first kappa shape index (κ1) is 24.7. The average Bonchev–Trinajstić information content (AvgIpc) is 3.27. The van der Waals surface area contributed by atoms with Gasteiger partial charge in [-0.2, -0.15) is 0 Å².